The predicted molar refractivity (Wildman–Crippen MR) is 96.8 cm³/mol. The molecule has 1 heterocycles. The largest absolute Gasteiger partial charge is 0.241 e. The van der Waals surface area contributed by atoms with Crippen molar-refractivity contribution in [1.82, 2.24) is 9.97 Å². The van der Waals surface area contributed by atoms with Gasteiger partial charge in [-0.05, 0) is 56.8 Å². The fraction of sp³-hybridized carbons (Fsp3) is 0.500. The molecule has 0 fully saturated rings. The molecule has 0 radical (unpaired) electrons. The molecule has 0 saturated heterocycles. The first kappa shape index (κ1) is 18.3. The van der Waals surface area contributed by atoms with Gasteiger partial charge in [-0.1, -0.05) is 45.4 Å². The van der Waals surface area contributed by atoms with Crippen molar-refractivity contribution < 1.29 is 0 Å². The van der Waals surface area contributed by atoms with Crippen LogP contribution in [0, 0.1) is 6.92 Å². The van der Waals surface area contributed by atoms with Crippen molar-refractivity contribution in [2.75, 3.05) is 0 Å². The molecule has 0 aliphatic heterocycles. The maximum atomic E-state index is 4.52. The number of aryl methyl sites for hydroxylation is 2. The van der Waals surface area contributed by atoms with Crippen LogP contribution in [-0.2, 0) is 6.42 Å². The second kappa shape index (κ2) is 9.34. The van der Waals surface area contributed by atoms with Crippen molar-refractivity contribution in [3.05, 3.63) is 52.1 Å². The maximum Gasteiger partial charge on any atom is 0.125 e. The Morgan fingerprint density at radius 1 is 0.818 bits per heavy atom. The first-order valence-corrected chi connectivity index (χ1v) is 8.62. The van der Waals surface area contributed by atoms with Crippen molar-refractivity contribution in [1.29, 1.82) is 0 Å². The highest BCUT2D eigenvalue weighted by atomic mass is 14.9. The van der Waals surface area contributed by atoms with Gasteiger partial charge in [0.25, 0.3) is 0 Å². The van der Waals surface area contributed by atoms with Crippen LogP contribution in [0.4, 0.5) is 0 Å². The van der Waals surface area contributed by atoms with E-state index in [9.17, 15) is 0 Å². The van der Waals surface area contributed by atoms with E-state index < -0.39 is 0 Å². The Bertz CT molecular complexity index is 577. The van der Waals surface area contributed by atoms with Gasteiger partial charge in [0.2, 0.25) is 0 Å². The first-order valence-electron chi connectivity index (χ1n) is 8.62. The van der Waals surface area contributed by atoms with Crippen molar-refractivity contribution in [3.8, 4) is 0 Å². The summed E-state index contributed by atoms with van der Waals surface area (Å²) in [5, 5.41) is 0. The van der Waals surface area contributed by atoms with Gasteiger partial charge >= 0.3 is 0 Å². The van der Waals surface area contributed by atoms with E-state index in [4.69, 9.17) is 0 Å². The minimum absolute atomic E-state index is 0.876. The highest BCUT2D eigenvalue weighted by Crippen LogP contribution is 2.31. The van der Waals surface area contributed by atoms with Gasteiger partial charge in [0, 0.05) is 11.8 Å². The lowest BCUT2D eigenvalue weighted by molar-refractivity contribution is 0.828. The number of hydrogen-bond acceptors (Lipinski definition) is 2. The Labute approximate surface area is 136 Å². The van der Waals surface area contributed by atoms with E-state index in [0.29, 0.717) is 0 Å². The fourth-order valence-electron chi connectivity index (χ4n) is 2.62. The van der Waals surface area contributed by atoms with Gasteiger partial charge < -0.3 is 0 Å². The van der Waals surface area contributed by atoms with Crippen molar-refractivity contribution in [2.24, 2.45) is 0 Å². The molecular weight excluding hydrogens is 268 g/mol. The number of fused-ring (bicyclic) bond motifs is 1. The zero-order chi connectivity index (χ0) is 16.5. The third-order valence-corrected chi connectivity index (χ3v) is 3.75. The minimum atomic E-state index is 0.876. The van der Waals surface area contributed by atoms with Gasteiger partial charge in [-0.15, -0.1) is 0 Å². The van der Waals surface area contributed by atoms with Gasteiger partial charge in [-0.3, -0.25) is 0 Å². The Morgan fingerprint density at radius 3 is 2.14 bits per heavy atom. The lowest BCUT2D eigenvalue weighted by Crippen LogP contribution is -2.07. The monoisotopic (exact) mass is 298 g/mol. The Morgan fingerprint density at radius 2 is 1.50 bits per heavy atom. The molecule has 0 aromatic carbocycles. The van der Waals surface area contributed by atoms with Crippen LogP contribution in [0.15, 0.2) is 35.1 Å². The summed E-state index contributed by atoms with van der Waals surface area (Å²) in [5.41, 5.74) is 6.85. The molecule has 2 aliphatic carbocycles. The maximum absolute atomic E-state index is 4.52. The third-order valence-electron chi connectivity index (χ3n) is 3.75. The molecular formula is C20H30N2. The van der Waals surface area contributed by atoms with Crippen molar-refractivity contribution >= 4 is 6.08 Å². The molecule has 0 spiro atoms. The van der Waals surface area contributed by atoms with Gasteiger partial charge in [0.1, 0.15) is 5.82 Å². The van der Waals surface area contributed by atoms with E-state index in [-0.39, 0.29) is 0 Å². The molecule has 0 saturated carbocycles. The molecule has 0 amide bonds. The fourth-order valence-corrected chi connectivity index (χ4v) is 2.62. The molecule has 2 aliphatic rings. The molecule has 22 heavy (non-hydrogen) atoms. The summed E-state index contributed by atoms with van der Waals surface area (Å²) in [7, 11) is 0. The molecule has 1 aromatic heterocycles. The topological polar surface area (TPSA) is 25.8 Å². The highest BCUT2D eigenvalue weighted by molar-refractivity contribution is 5.62. The highest BCUT2D eigenvalue weighted by Gasteiger charge is 2.16. The van der Waals surface area contributed by atoms with Crippen LogP contribution in [0.25, 0.3) is 6.08 Å². The average Bonchev–Trinajstić information content (AvgIpc) is 2.59. The van der Waals surface area contributed by atoms with E-state index in [1.54, 1.807) is 0 Å². The van der Waals surface area contributed by atoms with Crippen LogP contribution in [0.5, 0.6) is 0 Å². The zero-order valence-electron chi connectivity index (χ0n) is 15.0. The lowest BCUT2D eigenvalue weighted by Gasteiger charge is -2.20. The second-order valence-electron chi connectivity index (χ2n) is 5.19. The second-order valence-corrected chi connectivity index (χ2v) is 5.19. The Hall–Kier alpha value is -1.70. The van der Waals surface area contributed by atoms with Crippen LogP contribution in [0.2, 0.25) is 0 Å². The van der Waals surface area contributed by atoms with Gasteiger partial charge in [0.05, 0.1) is 5.69 Å². The van der Waals surface area contributed by atoms with E-state index in [2.05, 4.69) is 35.1 Å². The number of rotatable bonds is 1. The summed E-state index contributed by atoms with van der Waals surface area (Å²) in [6, 6.07) is 0. The first-order chi connectivity index (χ1) is 10.7. The number of allylic oxidation sites excluding steroid dienone is 5. The quantitative estimate of drug-likeness (QED) is 0.651. The smallest absolute Gasteiger partial charge is 0.125 e. The van der Waals surface area contributed by atoms with Crippen LogP contribution < -0.4 is 0 Å². The van der Waals surface area contributed by atoms with E-state index >= 15 is 0 Å². The molecule has 0 N–H and O–H groups in total. The molecule has 2 nitrogen and oxygen atoms in total. The van der Waals surface area contributed by atoms with Gasteiger partial charge in [-0.2, -0.15) is 0 Å². The standard InChI is InChI=1S/C16H18N2.2C2H6/c1-11-3-5-13(6-4-11)14-7-8-16-15(9-14)10-17-12(2)18-16;2*1-2/h3,5,9-10H,4,6-8H2,1-2H3;2*1-2H3. The van der Waals surface area contributed by atoms with Gasteiger partial charge in [0.15, 0.2) is 0 Å². The summed E-state index contributed by atoms with van der Waals surface area (Å²) in [6.45, 7) is 12.2. The van der Waals surface area contributed by atoms with Crippen LogP contribution in [0.3, 0.4) is 0 Å². The summed E-state index contributed by atoms with van der Waals surface area (Å²) < 4.78 is 0. The summed E-state index contributed by atoms with van der Waals surface area (Å²) in [5.74, 6) is 0.876. The molecule has 0 unspecified atom stereocenters. The van der Waals surface area contributed by atoms with Crippen LogP contribution in [0.1, 0.15) is 71.0 Å². The number of aromatic nitrogens is 2. The Balaban J connectivity index is 0.000000561. The van der Waals surface area contributed by atoms with E-state index in [0.717, 1.165) is 18.7 Å². The summed E-state index contributed by atoms with van der Waals surface area (Å²) >= 11 is 0. The number of nitrogens with zero attached hydrogens (tertiary/aromatic N) is 2. The van der Waals surface area contributed by atoms with Crippen LogP contribution >= 0.6 is 0 Å². The molecule has 0 atom stereocenters. The summed E-state index contributed by atoms with van der Waals surface area (Å²) in [6.07, 6.45) is 13.3. The molecule has 3 rings (SSSR count). The summed E-state index contributed by atoms with van der Waals surface area (Å²) in [4.78, 5) is 8.82. The molecule has 1 aromatic rings. The van der Waals surface area contributed by atoms with Crippen molar-refractivity contribution in [2.45, 2.75) is 67.2 Å². The predicted octanol–water partition coefficient (Wildman–Crippen LogP) is 5.83. The average molecular weight is 298 g/mol. The Kier molecular flexibility index (Phi) is 7.79. The molecule has 0 bridgehead atoms. The van der Waals surface area contributed by atoms with E-state index in [1.807, 2.05) is 40.8 Å². The number of hydrogen-bond donors (Lipinski definition) is 0. The zero-order valence-corrected chi connectivity index (χ0v) is 15.0. The van der Waals surface area contributed by atoms with Crippen LogP contribution in [-0.4, -0.2) is 9.97 Å². The van der Waals surface area contributed by atoms with E-state index in [1.165, 1.54) is 40.8 Å². The normalized spacial score (nSPS) is 15.8. The molecule has 2 heteroatoms. The minimum Gasteiger partial charge on any atom is -0.241 e. The molecule has 120 valence electrons. The lowest BCUT2D eigenvalue weighted by atomic mass is 9.87. The third kappa shape index (κ3) is 4.66. The van der Waals surface area contributed by atoms with Gasteiger partial charge in [-0.25, -0.2) is 9.97 Å². The van der Waals surface area contributed by atoms with Crippen molar-refractivity contribution in [3.63, 3.8) is 0 Å². The SMILES string of the molecule is CC.CC.CC1=CC=C(C2=Cc3cnc(C)nc3CC2)CC1.